The van der Waals surface area contributed by atoms with Gasteiger partial charge in [-0.15, -0.1) is 0 Å². The fraction of sp³-hybridized carbons (Fsp3) is 0.333. The average molecular weight is 229 g/mol. The van der Waals surface area contributed by atoms with E-state index < -0.39 is 0 Å². The van der Waals surface area contributed by atoms with Gasteiger partial charge in [0.15, 0.2) is 5.78 Å². The van der Waals surface area contributed by atoms with Crippen LogP contribution in [0.2, 0.25) is 0 Å². The maximum Gasteiger partial charge on any atom is 0.155 e. The van der Waals surface area contributed by atoms with Crippen molar-refractivity contribution in [3.05, 3.63) is 48.1 Å². The molecule has 2 heteroatoms. The van der Waals surface area contributed by atoms with Crippen LogP contribution in [0, 0.1) is 11.3 Å². The molecule has 0 aromatic rings. The first-order valence-electron chi connectivity index (χ1n) is 6.03. The summed E-state index contributed by atoms with van der Waals surface area (Å²) in [5.74, 6) is 0.493. The van der Waals surface area contributed by atoms with E-state index in [4.69, 9.17) is 5.41 Å². The third-order valence-electron chi connectivity index (χ3n) is 2.72. The molecule has 1 atom stereocenters. The van der Waals surface area contributed by atoms with E-state index in [1.54, 1.807) is 6.08 Å². The van der Waals surface area contributed by atoms with E-state index in [9.17, 15) is 4.79 Å². The van der Waals surface area contributed by atoms with Crippen molar-refractivity contribution >= 4 is 11.5 Å². The fourth-order valence-electron chi connectivity index (χ4n) is 1.49. The summed E-state index contributed by atoms with van der Waals surface area (Å²) in [7, 11) is 0. The quantitative estimate of drug-likeness (QED) is 0.567. The Labute approximate surface area is 103 Å². The molecule has 2 nitrogen and oxygen atoms in total. The molecule has 0 saturated heterocycles. The molecule has 0 radical (unpaired) electrons. The summed E-state index contributed by atoms with van der Waals surface area (Å²) < 4.78 is 0. The first-order valence-corrected chi connectivity index (χ1v) is 6.03. The SMILES string of the molecule is CCC(=O)C=CC(=N)C1=CC=CC(CC)C=C1. The van der Waals surface area contributed by atoms with Gasteiger partial charge in [0.25, 0.3) is 0 Å². The second kappa shape index (κ2) is 6.79. The first kappa shape index (κ1) is 13.4. The number of hydrogen-bond acceptors (Lipinski definition) is 2. The van der Waals surface area contributed by atoms with Gasteiger partial charge in [0, 0.05) is 6.42 Å². The molecule has 0 aromatic heterocycles. The Hall–Kier alpha value is -1.70. The van der Waals surface area contributed by atoms with E-state index in [1.165, 1.54) is 6.08 Å². The van der Waals surface area contributed by atoms with Crippen LogP contribution in [0.15, 0.2) is 48.1 Å². The number of carbonyl (C=O) groups excluding carboxylic acids is 1. The van der Waals surface area contributed by atoms with E-state index in [0.717, 1.165) is 12.0 Å². The van der Waals surface area contributed by atoms with Crippen molar-refractivity contribution in [1.29, 1.82) is 5.41 Å². The lowest BCUT2D eigenvalue weighted by molar-refractivity contribution is -0.114. The van der Waals surface area contributed by atoms with Gasteiger partial charge < -0.3 is 5.41 Å². The minimum Gasteiger partial charge on any atom is -0.300 e. The van der Waals surface area contributed by atoms with Gasteiger partial charge in [-0.25, -0.2) is 0 Å². The van der Waals surface area contributed by atoms with Crippen molar-refractivity contribution < 1.29 is 4.79 Å². The van der Waals surface area contributed by atoms with Crippen LogP contribution in [0.5, 0.6) is 0 Å². The van der Waals surface area contributed by atoms with Crippen LogP contribution < -0.4 is 0 Å². The largest absolute Gasteiger partial charge is 0.300 e. The molecule has 0 spiro atoms. The molecule has 0 amide bonds. The maximum atomic E-state index is 11.1. The molecule has 1 unspecified atom stereocenters. The zero-order valence-electron chi connectivity index (χ0n) is 10.4. The van der Waals surface area contributed by atoms with Gasteiger partial charge in [0.2, 0.25) is 0 Å². The van der Waals surface area contributed by atoms with E-state index in [2.05, 4.69) is 19.1 Å². The van der Waals surface area contributed by atoms with Crippen LogP contribution in [0.4, 0.5) is 0 Å². The van der Waals surface area contributed by atoms with E-state index in [1.807, 2.05) is 25.2 Å². The highest BCUT2D eigenvalue weighted by Crippen LogP contribution is 2.14. The second-order valence-corrected chi connectivity index (χ2v) is 4.01. The van der Waals surface area contributed by atoms with Gasteiger partial charge in [0.1, 0.15) is 0 Å². The minimum absolute atomic E-state index is 0.0509. The van der Waals surface area contributed by atoms with Gasteiger partial charge in [0.05, 0.1) is 5.71 Å². The monoisotopic (exact) mass is 229 g/mol. The molecule has 0 saturated carbocycles. The van der Waals surface area contributed by atoms with Crippen molar-refractivity contribution in [2.75, 3.05) is 0 Å². The molecule has 0 heterocycles. The lowest BCUT2D eigenvalue weighted by atomic mass is 10.1. The molecule has 1 N–H and O–H groups in total. The summed E-state index contributed by atoms with van der Waals surface area (Å²) in [5.41, 5.74) is 1.22. The molecule has 1 aliphatic rings. The van der Waals surface area contributed by atoms with Gasteiger partial charge in [-0.3, -0.25) is 4.79 Å². The number of allylic oxidation sites excluding steroid dienone is 8. The molecule has 17 heavy (non-hydrogen) atoms. The van der Waals surface area contributed by atoms with Crippen LogP contribution in [0.25, 0.3) is 0 Å². The normalized spacial score (nSPS) is 19.2. The molecule has 1 rings (SSSR count). The van der Waals surface area contributed by atoms with Gasteiger partial charge in [-0.05, 0) is 30.1 Å². The third-order valence-corrected chi connectivity index (χ3v) is 2.72. The predicted molar refractivity (Wildman–Crippen MR) is 72.3 cm³/mol. The number of hydrogen-bond donors (Lipinski definition) is 1. The lowest BCUT2D eigenvalue weighted by Gasteiger charge is -2.00. The van der Waals surface area contributed by atoms with Crippen molar-refractivity contribution in [2.45, 2.75) is 26.7 Å². The lowest BCUT2D eigenvalue weighted by Crippen LogP contribution is -1.97. The standard InChI is InChI=1S/C15H19NO/c1-3-12-6-5-7-13(9-8-12)15(16)11-10-14(17)4-2/h5-12,16H,3-4H2,1-2H3. The molecule has 90 valence electrons. The van der Waals surface area contributed by atoms with Crippen molar-refractivity contribution in [3.63, 3.8) is 0 Å². The molecule has 0 fully saturated rings. The molecular weight excluding hydrogens is 210 g/mol. The van der Waals surface area contributed by atoms with Gasteiger partial charge in [-0.1, -0.05) is 44.2 Å². The zero-order chi connectivity index (χ0) is 12.7. The highest BCUT2D eigenvalue weighted by Gasteiger charge is 2.03. The Kier molecular flexibility index (Phi) is 5.34. The highest BCUT2D eigenvalue weighted by atomic mass is 16.1. The molecule has 0 aliphatic heterocycles. The Balaban J connectivity index is 2.71. The van der Waals surface area contributed by atoms with Crippen LogP contribution >= 0.6 is 0 Å². The fourth-order valence-corrected chi connectivity index (χ4v) is 1.49. The molecular formula is C15H19NO. The van der Waals surface area contributed by atoms with Crippen LogP contribution in [-0.2, 0) is 4.79 Å². The summed E-state index contributed by atoms with van der Waals surface area (Å²) in [6.07, 6.45) is 14.7. The second-order valence-electron chi connectivity index (χ2n) is 4.01. The third kappa shape index (κ3) is 4.35. The number of ketones is 1. The zero-order valence-corrected chi connectivity index (χ0v) is 10.4. The Bertz CT molecular complexity index is 411. The Morgan fingerprint density at radius 1 is 1.35 bits per heavy atom. The number of carbonyl (C=O) groups is 1. The highest BCUT2D eigenvalue weighted by molar-refractivity contribution is 6.11. The maximum absolute atomic E-state index is 11.1. The first-order chi connectivity index (χ1) is 8.17. The average Bonchev–Trinajstić information content (AvgIpc) is 2.60. The number of rotatable bonds is 5. The van der Waals surface area contributed by atoms with E-state index in [0.29, 0.717) is 18.1 Å². The van der Waals surface area contributed by atoms with Crippen molar-refractivity contribution in [2.24, 2.45) is 5.92 Å². The predicted octanol–water partition coefficient (Wildman–Crippen LogP) is 3.62. The Morgan fingerprint density at radius 2 is 2.12 bits per heavy atom. The summed E-state index contributed by atoms with van der Waals surface area (Å²) in [6, 6.07) is 0. The van der Waals surface area contributed by atoms with Crippen LogP contribution in [0.3, 0.4) is 0 Å². The molecule has 0 aromatic carbocycles. The number of nitrogens with one attached hydrogen (secondary N) is 1. The van der Waals surface area contributed by atoms with Crippen LogP contribution in [-0.4, -0.2) is 11.5 Å². The minimum atomic E-state index is 0.0509. The summed E-state index contributed by atoms with van der Waals surface area (Å²) in [5, 5.41) is 7.88. The van der Waals surface area contributed by atoms with E-state index >= 15 is 0 Å². The smallest absolute Gasteiger partial charge is 0.155 e. The van der Waals surface area contributed by atoms with Crippen LogP contribution in [0.1, 0.15) is 26.7 Å². The van der Waals surface area contributed by atoms with Crippen molar-refractivity contribution in [1.82, 2.24) is 0 Å². The molecule has 0 bridgehead atoms. The van der Waals surface area contributed by atoms with E-state index in [-0.39, 0.29) is 5.78 Å². The van der Waals surface area contributed by atoms with Crippen molar-refractivity contribution in [3.8, 4) is 0 Å². The van der Waals surface area contributed by atoms with Gasteiger partial charge in [-0.2, -0.15) is 0 Å². The Morgan fingerprint density at radius 3 is 2.76 bits per heavy atom. The summed E-state index contributed by atoms with van der Waals surface area (Å²) in [6.45, 7) is 3.95. The summed E-state index contributed by atoms with van der Waals surface area (Å²) >= 11 is 0. The molecule has 1 aliphatic carbocycles. The topological polar surface area (TPSA) is 40.9 Å². The summed E-state index contributed by atoms with van der Waals surface area (Å²) in [4.78, 5) is 11.1. The van der Waals surface area contributed by atoms with Gasteiger partial charge >= 0.3 is 0 Å².